The van der Waals surface area contributed by atoms with Gasteiger partial charge in [-0.15, -0.1) is 0 Å². The smallest absolute Gasteiger partial charge is 0.295 e. The van der Waals surface area contributed by atoms with Gasteiger partial charge in [-0.1, -0.05) is 54.1 Å². The quantitative estimate of drug-likeness (QED) is 0.501. The number of aliphatic hydroxyl groups excluding tert-OH is 1. The van der Waals surface area contributed by atoms with E-state index in [-0.39, 0.29) is 17.9 Å². The van der Waals surface area contributed by atoms with E-state index in [2.05, 4.69) is 0 Å². The summed E-state index contributed by atoms with van der Waals surface area (Å²) >= 11 is 0. The van der Waals surface area contributed by atoms with Crippen molar-refractivity contribution in [3.63, 3.8) is 0 Å². The van der Waals surface area contributed by atoms with Crippen molar-refractivity contribution >= 4 is 17.4 Å². The fraction of sp³-hybridized carbons (Fsp3) is 0.273. The lowest BCUT2D eigenvalue weighted by Gasteiger charge is -2.26. The lowest BCUT2D eigenvalue weighted by molar-refractivity contribution is -0.140. The van der Waals surface area contributed by atoms with Crippen molar-refractivity contribution in [3.05, 3.63) is 76.4 Å². The summed E-state index contributed by atoms with van der Waals surface area (Å²) < 4.78 is 5.11. The molecule has 5 heteroatoms. The summed E-state index contributed by atoms with van der Waals surface area (Å²) in [4.78, 5) is 27.0. The number of hydrogen-bond donors (Lipinski definition) is 1. The first-order chi connectivity index (χ1) is 13.0. The molecule has 3 rings (SSSR count). The number of carbonyl (C=O) groups is 2. The van der Waals surface area contributed by atoms with Crippen LogP contribution in [-0.2, 0) is 14.3 Å². The fourth-order valence-electron chi connectivity index (χ4n) is 3.38. The Kier molecular flexibility index (Phi) is 5.42. The van der Waals surface area contributed by atoms with Crippen molar-refractivity contribution in [1.29, 1.82) is 0 Å². The van der Waals surface area contributed by atoms with Crippen LogP contribution < -0.4 is 0 Å². The number of Topliss-reactive ketones (excluding diaryl/α,β-unsaturated/α-hetero) is 1. The number of amides is 1. The third kappa shape index (κ3) is 3.51. The van der Waals surface area contributed by atoms with Crippen LogP contribution in [0.25, 0.3) is 5.76 Å². The summed E-state index contributed by atoms with van der Waals surface area (Å²) in [6.07, 6.45) is 0. The Hall–Kier alpha value is -2.92. The van der Waals surface area contributed by atoms with E-state index < -0.39 is 17.7 Å². The van der Waals surface area contributed by atoms with Gasteiger partial charge in [-0.25, -0.2) is 0 Å². The van der Waals surface area contributed by atoms with Gasteiger partial charge in [0.25, 0.3) is 11.7 Å². The molecule has 1 aliphatic rings. The van der Waals surface area contributed by atoms with E-state index in [0.717, 1.165) is 16.7 Å². The SMILES string of the molecule is COCCN1C(=O)C(=O)/C(=C(\O)c2ccc(C)cc2)C1c1ccccc1C. The van der Waals surface area contributed by atoms with E-state index in [1.165, 1.54) is 4.90 Å². The summed E-state index contributed by atoms with van der Waals surface area (Å²) in [5.41, 5.74) is 3.45. The molecule has 0 radical (unpaired) electrons. The maximum atomic E-state index is 12.8. The van der Waals surface area contributed by atoms with Crippen molar-refractivity contribution in [2.24, 2.45) is 0 Å². The Morgan fingerprint density at radius 2 is 1.74 bits per heavy atom. The van der Waals surface area contributed by atoms with Gasteiger partial charge in [-0.05, 0) is 25.0 Å². The van der Waals surface area contributed by atoms with Crippen molar-refractivity contribution in [2.75, 3.05) is 20.3 Å². The van der Waals surface area contributed by atoms with Gasteiger partial charge in [0.1, 0.15) is 5.76 Å². The number of carbonyl (C=O) groups excluding carboxylic acids is 2. The number of likely N-dealkylation sites (tertiary alicyclic amines) is 1. The first-order valence-corrected chi connectivity index (χ1v) is 8.85. The van der Waals surface area contributed by atoms with Crippen LogP contribution in [0.5, 0.6) is 0 Å². The van der Waals surface area contributed by atoms with Gasteiger partial charge in [-0.2, -0.15) is 0 Å². The summed E-state index contributed by atoms with van der Waals surface area (Å²) in [6.45, 7) is 4.45. The van der Waals surface area contributed by atoms with Gasteiger partial charge in [0.15, 0.2) is 0 Å². The van der Waals surface area contributed by atoms with E-state index in [0.29, 0.717) is 12.2 Å². The molecule has 1 amide bonds. The monoisotopic (exact) mass is 365 g/mol. The lowest BCUT2D eigenvalue weighted by atomic mass is 9.92. The molecule has 0 bridgehead atoms. The largest absolute Gasteiger partial charge is 0.507 e. The number of benzene rings is 2. The van der Waals surface area contributed by atoms with E-state index in [9.17, 15) is 14.7 Å². The van der Waals surface area contributed by atoms with Crippen molar-refractivity contribution in [3.8, 4) is 0 Å². The number of ketones is 1. The zero-order chi connectivity index (χ0) is 19.6. The molecule has 140 valence electrons. The molecule has 0 aliphatic carbocycles. The molecule has 1 heterocycles. The Bertz CT molecular complexity index is 899. The highest BCUT2D eigenvalue weighted by atomic mass is 16.5. The van der Waals surface area contributed by atoms with Crippen LogP contribution in [0.4, 0.5) is 0 Å². The highest BCUT2D eigenvalue weighted by molar-refractivity contribution is 6.46. The average Bonchev–Trinajstić information content (AvgIpc) is 2.91. The summed E-state index contributed by atoms with van der Waals surface area (Å²) in [6, 6.07) is 14.2. The molecule has 0 saturated carbocycles. The standard InChI is InChI=1S/C22H23NO4/c1-14-8-10-16(11-9-14)20(24)18-19(17-7-5-4-6-15(17)2)23(12-13-27-3)22(26)21(18)25/h4-11,19,24H,12-13H2,1-3H3/b20-18-. The molecule has 5 nitrogen and oxygen atoms in total. The molecule has 1 aliphatic heterocycles. The Labute approximate surface area is 158 Å². The van der Waals surface area contributed by atoms with Gasteiger partial charge in [0, 0.05) is 19.2 Å². The zero-order valence-corrected chi connectivity index (χ0v) is 15.7. The van der Waals surface area contributed by atoms with Crippen LogP contribution in [0, 0.1) is 13.8 Å². The van der Waals surface area contributed by atoms with E-state index >= 15 is 0 Å². The number of rotatable bonds is 5. The first kappa shape index (κ1) is 18.9. The molecule has 1 saturated heterocycles. The Morgan fingerprint density at radius 3 is 2.37 bits per heavy atom. The molecule has 2 aromatic carbocycles. The lowest BCUT2D eigenvalue weighted by Crippen LogP contribution is -2.32. The fourth-order valence-corrected chi connectivity index (χ4v) is 3.38. The molecule has 27 heavy (non-hydrogen) atoms. The summed E-state index contributed by atoms with van der Waals surface area (Å²) in [7, 11) is 1.55. The molecule has 2 aromatic rings. The normalized spacial score (nSPS) is 18.9. The topological polar surface area (TPSA) is 66.8 Å². The van der Waals surface area contributed by atoms with Gasteiger partial charge >= 0.3 is 0 Å². The number of nitrogens with zero attached hydrogens (tertiary/aromatic N) is 1. The summed E-state index contributed by atoms with van der Waals surface area (Å²) in [5.74, 6) is -1.44. The van der Waals surface area contributed by atoms with Crippen LogP contribution in [-0.4, -0.2) is 42.0 Å². The maximum Gasteiger partial charge on any atom is 0.295 e. The number of methoxy groups -OCH3 is 1. The molecule has 1 N–H and O–H groups in total. The average molecular weight is 365 g/mol. The third-order valence-electron chi connectivity index (χ3n) is 4.88. The second-order valence-electron chi connectivity index (χ2n) is 6.71. The number of ether oxygens (including phenoxy) is 1. The number of hydrogen-bond acceptors (Lipinski definition) is 4. The second-order valence-corrected chi connectivity index (χ2v) is 6.71. The van der Waals surface area contributed by atoms with Gasteiger partial charge < -0.3 is 14.7 Å². The minimum atomic E-state index is -0.669. The minimum absolute atomic E-state index is 0.120. The number of aryl methyl sites for hydroxylation is 2. The minimum Gasteiger partial charge on any atom is -0.507 e. The molecule has 1 atom stereocenters. The van der Waals surface area contributed by atoms with Crippen molar-refractivity contribution in [2.45, 2.75) is 19.9 Å². The van der Waals surface area contributed by atoms with E-state index in [4.69, 9.17) is 4.74 Å². The van der Waals surface area contributed by atoms with Crippen molar-refractivity contribution in [1.82, 2.24) is 4.90 Å². The Balaban J connectivity index is 2.18. The second kappa shape index (κ2) is 7.76. The molecule has 0 spiro atoms. The zero-order valence-electron chi connectivity index (χ0n) is 15.7. The summed E-state index contributed by atoms with van der Waals surface area (Å²) in [5, 5.41) is 10.9. The van der Waals surface area contributed by atoms with Crippen LogP contribution in [0.15, 0.2) is 54.1 Å². The van der Waals surface area contributed by atoms with Gasteiger partial charge in [0.05, 0.1) is 18.2 Å². The molecule has 1 fully saturated rings. The highest BCUT2D eigenvalue weighted by Gasteiger charge is 2.46. The van der Waals surface area contributed by atoms with Crippen molar-refractivity contribution < 1.29 is 19.4 Å². The van der Waals surface area contributed by atoms with Crippen LogP contribution >= 0.6 is 0 Å². The van der Waals surface area contributed by atoms with Crippen LogP contribution in [0.3, 0.4) is 0 Å². The maximum absolute atomic E-state index is 12.8. The molecular formula is C22H23NO4. The van der Waals surface area contributed by atoms with Crippen LogP contribution in [0.2, 0.25) is 0 Å². The van der Waals surface area contributed by atoms with Gasteiger partial charge in [-0.3, -0.25) is 9.59 Å². The molecule has 1 unspecified atom stereocenters. The van der Waals surface area contributed by atoms with E-state index in [1.807, 2.05) is 50.2 Å². The third-order valence-corrected chi connectivity index (χ3v) is 4.88. The van der Waals surface area contributed by atoms with Gasteiger partial charge in [0.2, 0.25) is 0 Å². The predicted octanol–water partition coefficient (Wildman–Crippen LogP) is 3.37. The number of aliphatic hydroxyl groups is 1. The van der Waals surface area contributed by atoms with Crippen LogP contribution in [0.1, 0.15) is 28.3 Å². The first-order valence-electron chi connectivity index (χ1n) is 8.85. The van der Waals surface area contributed by atoms with E-state index in [1.54, 1.807) is 19.2 Å². The molecular weight excluding hydrogens is 342 g/mol. The highest BCUT2D eigenvalue weighted by Crippen LogP contribution is 2.40. The molecule has 0 aromatic heterocycles. The Morgan fingerprint density at radius 1 is 1.07 bits per heavy atom. The predicted molar refractivity (Wildman–Crippen MR) is 103 cm³/mol.